The standard InChI is InChI=1S/C6H15N3O2/c7-9-6(11)2-4-8-3-1-5-10/h8,10H,1-5,7H2,(H,9,11). The fraction of sp³-hybridized carbons (Fsp3) is 0.833. The summed E-state index contributed by atoms with van der Waals surface area (Å²) in [6, 6.07) is 0. The summed E-state index contributed by atoms with van der Waals surface area (Å²) in [5.74, 6) is 4.67. The molecule has 5 N–H and O–H groups in total. The molecule has 0 spiro atoms. The van der Waals surface area contributed by atoms with Gasteiger partial charge in [-0.2, -0.15) is 0 Å². The largest absolute Gasteiger partial charge is 0.396 e. The van der Waals surface area contributed by atoms with Gasteiger partial charge in [-0.15, -0.1) is 0 Å². The summed E-state index contributed by atoms with van der Waals surface area (Å²) < 4.78 is 0. The summed E-state index contributed by atoms with van der Waals surface area (Å²) in [6.07, 6.45) is 1.09. The Kier molecular flexibility index (Phi) is 7.02. The zero-order valence-electron chi connectivity index (χ0n) is 6.47. The van der Waals surface area contributed by atoms with E-state index in [1.807, 2.05) is 5.43 Å². The Bertz CT molecular complexity index is 108. The van der Waals surface area contributed by atoms with Crippen molar-refractivity contribution < 1.29 is 9.90 Å². The molecule has 0 aromatic rings. The molecule has 0 bridgehead atoms. The number of amides is 1. The second-order valence-corrected chi connectivity index (χ2v) is 2.14. The summed E-state index contributed by atoms with van der Waals surface area (Å²) in [5.41, 5.74) is 2.03. The number of carbonyl (C=O) groups is 1. The molecule has 0 atom stereocenters. The van der Waals surface area contributed by atoms with Crippen molar-refractivity contribution in [3.8, 4) is 0 Å². The molecule has 0 aromatic carbocycles. The lowest BCUT2D eigenvalue weighted by Gasteiger charge is -2.01. The topological polar surface area (TPSA) is 87.4 Å². The molecule has 0 fully saturated rings. The second kappa shape index (κ2) is 7.46. The first kappa shape index (κ1) is 10.3. The van der Waals surface area contributed by atoms with Gasteiger partial charge >= 0.3 is 0 Å². The Balaban J connectivity index is 2.95. The molecule has 0 aliphatic carbocycles. The first-order chi connectivity index (χ1) is 5.31. The van der Waals surface area contributed by atoms with Crippen LogP contribution in [0.5, 0.6) is 0 Å². The van der Waals surface area contributed by atoms with Gasteiger partial charge in [-0.3, -0.25) is 10.2 Å². The molecular weight excluding hydrogens is 146 g/mol. The minimum atomic E-state index is -0.179. The van der Waals surface area contributed by atoms with E-state index in [4.69, 9.17) is 10.9 Å². The maximum absolute atomic E-state index is 10.5. The summed E-state index contributed by atoms with van der Waals surface area (Å²) in [7, 11) is 0. The molecule has 0 saturated heterocycles. The van der Waals surface area contributed by atoms with Crippen molar-refractivity contribution in [2.75, 3.05) is 19.7 Å². The normalized spacial score (nSPS) is 9.64. The van der Waals surface area contributed by atoms with E-state index >= 15 is 0 Å². The third kappa shape index (κ3) is 7.24. The SMILES string of the molecule is NNC(=O)CCNCCCO. The highest BCUT2D eigenvalue weighted by Gasteiger charge is 1.95. The average molecular weight is 161 g/mol. The van der Waals surface area contributed by atoms with Crippen LogP contribution in [0.15, 0.2) is 0 Å². The molecule has 0 rings (SSSR count). The number of nitrogens with two attached hydrogens (primary N) is 1. The van der Waals surface area contributed by atoms with Crippen molar-refractivity contribution in [1.29, 1.82) is 0 Å². The van der Waals surface area contributed by atoms with Crippen molar-refractivity contribution in [3.63, 3.8) is 0 Å². The highest BCUT2D eigenvalue weighted by Crippen LogP contribution is 1.76. The summed E-state index contributed by atoms with van der Waals surface area (Å²) in [4.78, 5) is 10.5. The molecule has 0 saturated carbocycles. The Hall–Kier alpha value is -0.650. The molecule has 0 heterocycles. The summed E-state index contributed by atoms with van der Waals surface area (Å²) in [6.45, 7) is 1.51. The Labute approximate surface area is 65.9 Å². The monoisotopic (exact) mass is 161 g/mol. The van der Waals surface area contributed by atoms with E-state index in [9.17, 15) is 4.79 Å². The van der Waals surface area contributed by atoms with Crippen LogP contribution in [0.2, 0.25) is 0 Å². The van der Waals surface area contributed by atoms with Crippen molar-refractivity contribution >= 4 is 5.91 Å². The van der Waals surface area contributed by atoms with E-state index in [0.29, 0.717) is 19.4 Å². The van der Waals surface area contributed by atoms with Gasteiger partial charge in [0.2, 0.25) is 5.91 Å². The predicted molar refractivity (Wildman–Crippen MR) is 41.5 cm³/mol. The Morgan fingerprint density at radius 1 is 1.45 bits per heavy atom. The molecule has 66 valence electrons. The van der Waals surface area contributed by atoms with Crippen LogP contribution in [0.3, 0.4) is 0 Å². The third-order valence-corrected chi connectivity index (χ3v) is 1.20. The van der Waals surface area contributed by atoms with E-state index < -0.39 is 0 Å². The van der Waals surface area contributed by atoms with Gasteiger partial charge in [-0.1, -0.05) is 0 Å². The van der Waals surface area contributed by atoms with E-state index in [1.54, 1.807) is 0 Å². The fourth-order valence-electron chi connectivity index (χ4n) is 0.603. The molecule has 5 nitrogen and oxygen atoms in total. The van der Waals surface area contributed by atoms with Crippen LogP contribution in [-0.2, 0) is 4.79 Å². The third-order valence-electron chi connectivity index (χ3n) is 1.20. The highest BCUT2D eigenvalue weighted by atomic mass is 16.3. The minimum Gasteiger partial charge on any atom is -0.396 e. The number of hydrogen-bond donors (Lipinski definition) is 4. The first-order valence-corrected chi connectivity index (χ1v) is 3.62. The number of hydrogen-bond acceptors (Lipinski definition) is 4. The number of aliphatic hydroxyl groups excluding tert-OH is 1. The zero-order chi connectivity index (χ0) is 8.53. The Morgan fingerprint density at radius 3 is 2.73 bits per heavy atom. The molecule has 11 heavy (non-hydrogen) atoms. The van der Waals surface area contributed by atoms with Gasteiger partial charge in [0.15, 0.2) is 0 Å². The molecule has 5 heteroatoms. The number of nitrogens with one attached hydrogen (secondary N) is 2. The zero-order valence-corrected chi connectivity index (χ0v) is 6.47. The fourth-order valence-corrected chi connectivity index (χ4v) is 0.603. The lowest BCUT2D eigenvalue weighted by atomic mass is 10.4. The smallest absolute Gasteiger partial charge is 0.235 e. The van der Waals surface area contributed by atoms with E-state index in [1.165, 1.54) is 0 Å². The number of hydrazine groups is 1. The molecular formula is C6H15N3O2. The minimum absolute atomic E-state index is 0.177. The van der Waals surface area contributed by atoms with Gasteiger partial charge in [0.05, 0.1) is 0 Å². The van der Waals surface area contributed by atoms with E-state index in [2.05, 4.69) is 5.32 Å². The van der Waals surface area contributed by atoms with Crippen LogP contribution in [0.25, 0.3) is 0 Å². The van der Waals surface area contributed by atoms with E-state index in [0.717, 1.165) is 6.54 Å². The van der Waals surface area contributed by atoms with Crippen LogP contribution in [0.4, 0.5) is 0 Å². The van der Waals surface area contributed by atoms with Gasteiger partial charge in [0, 0.05) is 19.6 Å². The van der Waals surface area contributed by atoms with Crippen LogP contribution in [-0.4, -0.2) is 30.7 Å². The maximum Gasteiger partial charge on any atom is 0.235 e. The lowest BCUT2D eigenvalue weighted by molar-refractivity contribution is -0.121. The average Bonchev–Trinajstić information content (AvgIpc) is 2.04. The van der Waals surface area contributed by atoms with Gasteiger partial charge < -0.3 is 10.4 Å². The van der Waals surface area contributed by atoms with Crippen molar-refractivity contribution in [2.24, 2.45) is 5.84 Å². The van der Waals surface area contributed by atoms with Crippen molar-refractivity contribution in [2.45, 2.75) is 12.8 Å². The summed E-state index contributed by atoms with van der Waals surface area (Å²) in [5, 5.41) is 11.4. The van der Waals surface area contributed by atoms with Crippen LogP contribution in [0.1, 0.15) is 12.8 Å². The van der Waals surface area contributed by atoms with Crippen molar-refractivity contribution in [3.05, 3.63) is 0 Å². The van der Waals surface area contributed by atoms with E-state index in [-0.39, 0.29) is 12.5 Å². The lowest BCUT2D eigenvalue weighted by Crippen LogP contribution is -2.32. The van der Waals surface area contributed by atoms with Gasteiger partial charge in [0.25, 0.3) is 0 Å². The van der Waals surface area contributed by atoms with Gasteiger partial charge in [0.1, 0.15) is 0 Å². The quantitative estimate of drug-likeness (QED) is 0.162. The van der Waals surface area contributed by atoms with Crippen LogP contribution in [0, 0.1) is 0 Å². The maximum atomic E-state index is 10.5. The van der Waals surface area contributed by atoms with Crippen molar-refractivity contribution in [1.82, 2.24) is 10.7 Å². The molecule has 0 aliphatic rings. The molecule has 1 amide bonds. The second-order valence-electron chi connectivity index (χ2n) is 2.14. The molecule has 0 aromatic heterocycles. The Morgan fingerprint density at radius 2 is 2.18 bits per heavy atom. The molecule has 0 unspecified atom stereocenters. The molecule has 0 radical (unpaired) electrons. The number of aliphatic hydroxyl groups is 1. The molecule has 0 aliphatic heterocycles. The van der Waals surface area contributed by atoms with Crippen LogP contribution < -0.4 is 16.6 Å². The van der Waals surface area contributed by atoms with Gasteiger partial charge in [-0.05, 0) is 13.0 Å². The number of carbonyl (C=O) groups excluding carboxylic acids is 1. The highest BCUT2D eigenvalue weighted by molar-refractivity contribution is 5.75. The van der Waals surface area contributed by atoms with Gasteiger partial charge in [-0.25, -0.2) is 5.84 Å². The number of rotatable bonds is 6. The first-order valence-electron chi connectivity index (χ1n) is 3.62. The predicted octanol–water partition coefficient (Wildman–Crippen LogP) is -1.66. The summed E-state index contributed by atoms with van der Waals surface area (Å²) >= 11 is 0. The van der Waals surface area contributed by atoms with Crippen LogP contribution >= 0.6 is 0 Å².